The summed E-state index contributed by atoms with van der Waals surface area (Å²) in [5.41, 5.74) is 2.51. The van der Waals surface area contributed by atoms with Crippen LogP contribution in [0.4, 0.5) is 0 Å². The van der Waals surface area contributed by atoms with E-state index in [4.69, 9.17) is 0 Å². The molecule has 3 N–H and O–H groups in total. The first kappa shape index (κ1) is 17.4. The Labute approximate surface area is 138 Å². The van der Waals surface area contributed by atoms with Gasteiger partial charge >= 0.3 is 0 Å². The molecule has 0 spiro atoms. The summed E-state index contributed by atoms with van der Waals surface area (Å²) in [6.45, 7) is 5.87. The lowest BCUT2D eigenvalue weighted by Crippen LogP contribution is -2.28. The van der Waals surface area contributed by atoms with Gasteiger partial charge in [0.25, 0.3) is 0 Å². The zero-order chi connectivity index (χ0) is 17.0. The van der Waals surface area contributed by atoms with Gasteiger partial charge in [-0.25, -0.2) is 0 Å². The van der Waals surface area contributed by atoms with E-state index >= 15 is 0 Å². The van der Waals surface area contributed by atoms with Crippen molar-refractivity contribution in [1.29, 1.82) is 0 Å². The molecular formula is C20H26O3. The molecule has 0 bridgehead atoms. The van der Waals surface area contributed by atoms with Crippen LogP contribution in [-0.2, 0) is 0 Å². The molecule has 2 aliphatic rings. The van der Waals surface area contributed by atoms with Crippen LogP contribution in [0.25, 0.3) is 0 Å². The fourth-order valence-corrected chi connectivity index (χ4v) is 3.20. The lowest BCUT2D eigenvalue weighted by atomic mass is 9.71. The monoisotopic (exact) mass is 314 g/mol. The van der Waals surface area contributed by atoms with E-state index in [1.165, 1.54) is 0 Å². The summed E-state index contributed by atoms with van der Waals surface area (Å²) in [6.07, 6.45) is 14.7. The smallest absolute Gasteiger partial charge is 0.115 e. The Bertz CT molecular complexity index is 644. The Morgan fingerprint density at radius 3 is 2.39 bits per heavy atom. The highest BCUT2D eigenvalue weighted by Crippen LogP contribution is 2.39. The second-order valence-electron chi connectivity index (χ2n) is 6.74. The van der Waals surface area contributed by atoms with Crippen LogP contribution in [0.2, 0.25) is 0 Å². The molecule has 0 aliphatic heterocycles. The maximum atomic E-state index is 10.2. The molecule has 0 aromatic rings. The minimum Gasteiger partial charge on any atom is -0.508 e. The van der Waals surface area contributed by atoms with Crippen LogP contribution in [0, 0.1) is 11.3 Å². The minimum atomic E-state index is -0.531. The van der Waals surface area contributed by atoms with Crippen molar-refractivity contribution in [2.45, 2.75) is 33.6 Å². The van der Waals surface area contributed by atoms with Gasteiger partial charge in [-0.3, -0.25) is 0 Å². The van der Waals surface area contributed by atoms with Crippen LogP contribution in [-0.4, -0.2) is 21.9 Å². The molecule has 2 atom stereocenters. The highest BCUT2D eigenvalue weighted by molar-refractivity contribution is 5.38. The average Bonchev–Trinajstić information content (AvgIpc) is 2.58. The molecule has 0 radical (unpaired) electrons. The Kier molecular flexibility index (Phi) is 5.32. The number of hydrogen-bond acceptors (Lipinski definition) is 3. The third-order valence-electron chi connectivity index (χ3n) is 4.47. The number of rotatable bonds is 3. The van der Waals surface area contributed by atoms with E-state index in [2.05, 4.69) is 6.08 Å². The maximum Gasteiger partial charge on any atom is 0.115 e. The van der Waals surface area contributed by atoms with Gasteiger partial charge in [-0.1, -0.05) is 36.3 Å². The molecule has 3 heteroatoms. The van der Waals surface area contributed by atoms with Crippen LogP contribution in [0.1, 0.15) is 33.6 Å². The average molecular weight is 314 g/mol. The molecule has 0 saturated heterocycles. The second kappa shape index (κ2) is 7.05. The molecular weight excluding hydrogens is 288 g/mol. The van der Waals surface area contributed by atoms with Gasteiger partial charge in [-0.05, 0) is 56.6 Å². The van der Waals surface area contributed by atoms with Gasteiger partial charge in [0.05, 0.1) is 6.61 Å². The molecule has 3 nitrogen and oxygen atoms in total. The van der Waals surface area contributed by atoms with Crippen molar-refractivity contribution in [3.05, 3.63) is 70.8 Å². The summed E-state index contributed by atoms with van der Waals surface area (Å²) in [5, 5.41) is 30.2. The standard InChI is InChI=1S/C20H26O3/c1-14-5-4-8-20(3,12-18(23)10-14)19(13-21)16-7-6-15(2)9-17(22)11-16/h4,7-12,19,21-23H,5-6,13H2,1-3H3/b8-4-,14-10-,18-12?. The summed E-state index contributed by atoms with van der Waals surface area (Å²) in [6, 6.07) is 0. The molecule has 0 aromatic heterocycles. The van der Waals surface area contributed by atoms with Crippen LogP contribution in [0.3, 0.4) is 0 Å². The number of aliphatic hydroxyl groups is 3. The molecule has 2 rings (SSSR count). The zero-order valence-corrected chi connectivity index (χ0v) is 14.1. The van der Waals surface area contributed by atoms with Crippen LogP contribution < -0.4 is 0 Å². The summed E-state index contributed by atoms with van der Waals surface area (Å²) < 4.78 is 0. The van der Waals surface area contributed by atoms with Crippen molar-refractivity contribution < 1.29 is 15.3 Å². The Morgan fingerprint density at radius 2 is 1.70 bits per heavy atom. The lowest BCUT2D eigenvalue weighted by Gasteiger charge is -2.33. The molecule has 2 unspecified atom stereocenters. The van der Waals surface area contributed by atoms with Crippen molar-refractivity contribution in [3.8, 4) is 0 Å². The zero-order valence-electron chi connectivity index (χ0n) is 14.1. The Balaban J connectivity index is 2.44. The summed E-state index contributed by atoms with van der Waals surface area (Å²) in [4.78, 5) is 0. The molecule has 23 heavy (non-hydrogen) atoms. The molecule has 2 aliphatic carbocycles. The summed E-state index contributed by atoms with van der Waals surface area (Å²) in [5.74, 6) is 0.172. The van der Waals surface area contributed by atoms with E-state index in [0.717, 1.165) is 29.6 Å². The first-order chi connectivity index (χ1) is 10.8. The van der Waals surface area contributed by atoms with Gasteiger partial charge in [-0.2, -0.15) is 0 Å². The highest BCUT2D eigenvalue weighted by Gasteiger charge is 2.33. The van der Waals surface area contributed by atoms with E-state index in [9.17, 15) is 15.3 Å². The van der Waals surface area contributed by atoms with E-state index in [0.29, 0.717) is 0 Å². The predicted molar refractivity (Wildman–Crippen MR) is 94.1 cm³/mol. The maximum absolute atomic E-state index is 10.2. The Morgan fingerprint density at radius 1 is 1.04 bits per heavy atom. The van der Waals surface area contributed by atoms with Gasteiger partial charge < -0.3 is 15.3 Å². The van der Waals surface area contributed by atoms with Crippen molar-refractivity contribution in [2.24, 2.45) is 11.3 Å². The predicted octanol–water partition coefficient (Wildman–Crippen LogP) is 4.67. The minimum absolute atomic E-state index is 0.0675. The third-order valence-corrected chi connectivity index (χ3v) is 4.47. The quantitative estimate of drug-likeness (QED) is 0.664. The molecule has 0 amide bonds. The van der Waals surface area contributed by atoms with Crippen molar-refractivity contribution in [3.63, 3.8) is 0 Å². The number of hydrogen-bond donors (Lipinski definition) is 3. The largest absolute Gasteiger partial charge is 0.508 e. The van der Waals surface area contributed by atoms with Gasteiger partial charge in [0.15, 0.2) is 0 Å². The van der Waals surface area contributed by atoms with Crippen LogP contribution >= 0.6 is 0 Å². The van der Waals surface area contributed by atoms with E-state index < -0.39 is 5.41 Å². The molecule has 0 saturated carbocycles. The fraction of sp³-hybridized carbons (Fsp3) is 0.400. The number of allylic oxidation sites excluding steroid dienone is 9. The summed E-state index contributed by atoms with van der Waals surface area (Å²) >= 11 is 0. The van der Waals surface area contributed by atoms with Gasteiger partial charge in [0.1, 0.15) is 11.5 Å². The molecule has 0 aromatic carbocycles. The topological polar surface area (TPSA) is 60.7 Å². The SMILES string of the molecule is CC1=CC(O)=CC(C(CO)C2(C)C=C(O)/C=C(/C)C/C=C\2)=CC1. The first-order valence-corrected chi connectivity index (χ1v) is 7.99. The van der Waals surface area contributed by atoms with Crippen molar-refractivity contribution in [1.82, 2.24) is 0 Å². The van der Waals surface area contributed by atoms with Gasteiger partial charge in [-0.15, -0.1) is 0 Å². The van der Waals surface area contributed by atoms with Gasteiger partial charge in [0.2, 0.25) is 0 Å². The lowest BCUT2D eigenvalue weighted by molar-refractivity contribution is 0.192. The van der Waals surface area contributed by atoms with Crippen LogP contribution in [0.5, 0.6) is 0 Å². The summed E-state index contributed by atoms with van der Waals surface area (Å²) in [7, 11) is 0. The highest BCUT2D eigenvalue weighted by atomic mass is 16.3. The third kappa shape index (κ3) is 4.26. The van der Waals surface area contributed by atoms with E-state index in [-0.39, 0.29) is 24.0 Å². The molecule has 124 valence electrons. The van der Waals surface area contributed by atoms with Crippen molar-refractivity contribution in [2.75, 3.05) is 6.61 Å². The second-order valence-corrected chi connectivity index (χ2v) is 6.74. The van der Waals surface area contributed by atoms with E-state index in [1.807, 2.05) is 32.9 Å². The fourth-order valence-electron chi connectivity index (χ4n) is 3.20. The van der Waals surface area contributed by atoms with Crippen molar-refractivity contribution >= 4 is 0 Å². The van der Waals surface area contributed by atoms with E-state index in [1.54, 1.807) is 24.3 Å². The first-order valence-electron chi connectivity index (χ1n) is 7.99. The molecule has 0 fully saturated rings. The molecule has 0 heterocycles. The normalized spacial score (nSPS) is 30.3. The Hall–Kier alpha value is -2.00. The number of aliphatic hydroxyl groups excluding tert-OH is 3. The van der Waals surface area contributed by atoms with Crippen LogP contribution in [0.15, 0.2) is 70.8 Å². The van der Waals surface area contributed by atoms with Gasteiger partial charge in [0, 0.05) is 11.3 Å².